The smallest absolute Gasteiger partial charge is 0.406 e. The van der Waals surface area contributed by atoms with Crippen molar-refractivity contribution in [3.63, 3.8) is 0 Å². The molecule has 2 rings (SSSR count). The van der Waals surface area contributed by atoms with Crippen LogP contribution in [0.2, 0.25) is 0 Å². The topological polar surface area (TPSA) is 33.0 Å². The number of nitrogens with zero attached hydrogens (tertiary/aromatic N) is 1. The van der Waals surface area contributed by atoms with Crippen molar-refractivity contribution < 1.29 is 22.3 Å². The van der Waals surface area contributed by atoms with Crippen LogP contribution >= 0.6 is 0 Å². The lowest BCUT2D eigenvalue weighted by molar-refractivity contribution is -0.274. The largest absolute Gasteiger partial charge is 0.573 e. The second kappa shape index (κ2) is 5.83. The van der Waals surface area contributed by atoms with Gasteiger partial charge in [0.2, 0.25) is 0 Å². The van der Waals surface area contributed by atoms with E-state index in [4.69, 9.17) is 5.26 Å². The van der Waals surface area contributed by atoms with Crippen LogP contribution in [-0.4, -0.2) is 6.36 Å². The van der Waals surface area contributed by atoms with Gasteiger partial charge in [0.25, 0.3) is 0 Å². The van der Waals surface area contributed by atoms with E-state index in [1.54, 1.807) is 12.1 Å². The van der Waals surface area contributed by atoms with E-state index in [1.807, 2.05) is 6.07 Å². The summed E-state index contributed by atoms with van der Waals surface area (Å²) in [7, 11) is 0. The van der Waals surface area contributed by atoms with Gasteiger partial charge in [-0.05, 0) is 29.3 Å². The second-order valence-electron chi connectivity index (χ2n) is 4.22. The fourth-order valence-corrected chi connectivity index (χ4v) is 1.83. The molecule has 0 heterocycles. The Labute approximate surface area is 118 Å². The average molecular weight is 295 g/mol. The molecule has 0 atom stereocenters. The van der Waals surface area contributed by atoms with Gasteiger partial charge in [0, 0.05) is 5.56 Å². The highest BCUT2D eigenvalue weighted by molar-refractivity contribution is 5.65. The second-order valence-corrected chi connectivity index (χ2v) is 4.22. The zero-order chi connectivity index (χ0) is 15.5. The van der Waals surface area contributed by atoms with Gasteiger partial charge in [-0.1, -0.05) is 24.3 Å². The number of ether oxygens (including phenoxy) is 1. The first-order valence-electron chi connectivity index (χ1n) is 5.90. The molecular formula is C15H9F4NO. The van der Waals surface area contributed by atoms with Crippen LogP contribution in [0.5, 0.6) is 5.75 Å². The molecule has 0 saturated heterocycles. The quantitative estimate of drug-likeness (QED) is 0.783. The molecule has 21 heavy (non-hydrogen) atoms. The Morgan fingerprint density at radius 1 is 1.05 bits per heavy atom. The maximum atomic E-state index is 13.7. The predicted molar refractivity (Wildman–Crippen MR) is 67.8 cm³/mol. The molecule has 0 spiro atoms. The van der Waals surface area contributed by atoms with Crippen molar-refractivity contribution in [3.8, 4) is 22.9 Å². The zero-order valence-corrected chi connectivity index (χ0v) is 10.6. The molecule has 0 aliphatic carbocycles. The lowest BCUT2D eigenvalue weighted by Crippen LogP contribution is -2.17. The van der Waals surface area contributed by atoms with Gasteiger partial charge in [-0.2, -0.15) is 5.26 Å². The van der Waals surface area contributed by atoms with Crippen molar-refractivity contribution >= 4 is 0 Å². The molecule has 2 nitrogen and oxygen atoms in total. The van der Waals surface area contributed by atoms with E-state index in [9.17, 15) is 17.6 Å². The Morgan fingerprint density at radius 2 is 1.76 bits per heavy atom. The van der Waals surface area contributed by atoms with Crippen molar-refractivity contribution in [2.45, 2.75) is 12.8 Å². The molecule has 0 bridgehead atoms. The van der Waals surface area contributed by atoms with Crippen molar-refractivity contribution in [2.24, 2.45) is 0 Å². The van der Waals surface area contributed by atoms with Crippen molar-refractivity contribution in [3.05, 3.63) is 53.8 Å². The first kappa shape index (κ1) is 14.9. The predicted octanol–water partition coefficient (Wildman–Crippen LogP) is 4.46. The molecule has 2 aromatic carbocycles. The molecule has 0 unspecified atom stereocenters. The molecule has 0 aliphatic rings. The van der Waals surface area contributed by atoms with E-state index in [1.165, 1.54) is 24.3 Å². The van der Waals surface area contributed by atoms with E-state index in [2.05, 4.69) is 4.74 Å². The standard InChI is InChI=1S/C15H9F4NO/c16-14-9-12(5-4-10(14)6-7-20)11-2-1-3-13(8-11)21-15(17,18)19/h1-5,8-9H,6H2. The highest BCUT2D eigenvalue weighted by Crippen LogP contribution is 2.28. The van der Waals surface area contributed by atoms with Crippen molar-refractivity contribution in [1.29, 1.82) is 5.26 Å². The monoisotopic (exact) mass is 295 g/mol. The fourth-order valence-electron chi connectivity index (χ4n) is 1.83. The van der Waals surface area contributed by atoms with Gasteiger partial charge in [-0.3, -0.25) is 0 Å². The van der Waals surface area contributed by atoms with Crippen LogP contribution in [0.3, 0.4) is 0 Å². The summed E-state index contributed by atoms with van der Waals surface area (Å²) in [5.41, 5.74) is 1.03. The molecule has 0 amide bonds. The number of halogens is 4. The van der Waals surface area contributed by atoms with Crippen LogP contribution in [-0.2, 0) is 6.42 Å². The molecule has 0 N–H and O–H groups in total. The van der Waals surface area contributed by atoms with Crippen LogP contribution in [0.4, 0.5) is 17.6 Å². The van der Waals surface area contributed by atoms with Crippen molar-refractivity contribution in [1.82, 2.24) is 0 Å². The first-order valence-corrected chi connectivity index (χ1v) is 5.90. The first-order chi connectivity index (χ1) is 9.89. The summed E-state index contributed by atoms with van der Waals surface area (Å²) in [5.74, 6) is -0.947. The number of alkyl halides is 3. The molecule has 0 aromatic heterocycles. The van der Waals surface area contributed by atoms with E-state index >= 15 is 0 Å². The third-order valence-corrected chi connectivity index (χ3v) is 2.72. The van der Waals surface area contributed by atoms with Crippen LogP contribution in [0, 0.1) is 17.1 Å². The minimum Gasteiger partial charge on any atom is -0.406 e. The summed E-state index contributed by atoms with van der Waals surface area (Å²) in [5, 5.41) is 8.54. The van der Waals surface area contributed by atoms with E-state index in [0.717, 1.165) is 6.07 Å². The van der Waals surface area contributed by atoms with Crippen LogP contribution in [0.25, 0.3) is 11.1 Å². The minimum atomic E-state index is -4.78. The van der Waals surface area contributed by atoms with Crippen LogP contribution in [0.15, 0.2) is 42.5 Å². The average Bonchev–Trinajstić information content (AvgIpc) is 2.39. The molecule has 2 aromatic rings. The highest BCUT2D eigenvalue weighted by Gasteiger charge is 2.31. The summed E-state index contributed by atoms with van der Waals surface area (Å²) in [6.45, 7) is 0. The van der Waals surface area contributed by atoms with Gasteiger partial charge in [0.15, 0.2) is 0 Å². The zero-order valence-electron chi connectivity index (χ0n) is 10.6. The summed E-state index contributed by atoms with van der Waals surface area (Å²) < 4.78 is 54.0. The number of rotatable bonds is 3. The Morgan fingerprint density at radius 3 is 2.38 bits per heavy atom. The third-order valence-electron chi connectivity index (χ3n) is 2.72. The normalized spacial score (nSPS) is 11.0. The number of hydrogen-bond donors (Lipinski definition) is 0. The van der Waals surface area contributed by atoms with Gasteiger partial charge >= 0.3 is 6.36 Å². The molecule has 6 heteroatoms. The molecule has 0 radical (unpaired) electrons. The van der Waals surface area contributed by atoms with Gasteiger partial charge in [0.1, 0.15) is 11.6 Å². The Hall–Kier alpha value is -2.55. The molecule has 108 valence electrons. The van der Waals surface area contributed by atoms with Crippen LogP contribution < -0.4 is 4.74 Å². The lowest BCUT2D eigenvalue weighted by Gasteiger charge is -2.10. The maximum Gasteiger partial charge on any atom is 0.573 e. The van der Waals surface area contributed by atoms with Crippen molar-refractivity contribution in [2.75, 3.05) is 0 Å². The Kier molecular flexibility index (Phi) is 4.13. The van der Waals surface area contributed by atoms with Gasteiger partial charge in [-0.15, -0.1) is 13.2 Å². The number of benzene rings is 2. The third kappa shape index (κ3) is 3.96. The summed E-state index contributed by atoms with van der Waals surface area (Å²) in [6.07, 6.45) is -4.84. The summed E-state index contributed by atoms with van der Waals surface area (Å²) >= 11 is 0. The number of nitriles is 1. The highest BCUT2D eigenvalue weighted by atomic mass is 19.4. The van der Waals surface area contributed by atoms with Crippen LogP contribution in [0.1, 0.15) is 5.56 Å². The van der Waals surface area contributed by atoms with E-state index in [0.29, 0.717) is 11.1 Å². The molecule has 0 saturated carbocycles. The summed E-state index contributed by atoms with van der Waals surface area (Å²) in [6, 6.07) is 11.3. The number of hydrogen-bond acceptors (Lipinski definition) is 2. The Balaban J connectivity index is 2.32. The van der Waals surface area contributed by atoms with Gasteiger partial charge in [0.05, 0.1) is 12.5 Å². The molecule has 0 aliphatic heterocycles. The van der Waals surface area contributed by atoms with Gasteiger partial charge < -0.3 is 4.74 Å². The lowest BCUT2D eigenvalue weighted by atomic mass is 10.0. The van der Waals surface area contributed by atoms with Gasteiger partial charge in [-0.25, -0.2) is 4.39 Å². The molecular weight excluding hydrogens is 286 g/mol. The summed E-state index contributed by atoms with van der Waals surface area (Å²) in [4.78, 5) is 0. The Bertz CT molecular complexity index is 689. The fraction of sp³-hybridized carbons (Fsp3) is 0.133. The maximum absolute atomic E-state index is 13.7. The van der Waals surface area contributed by atoms with E-state index < -0.39 is 12.2 Å². The van der Waals surface area contributed by atoms with E-state index in [-0.39, 0.29) is 17.7 Å². The molecule has 0 fully saturated rings. The SMILES string of the molecule is N#CCc1ccc(-c2cccc(OC(F)(F)F)c2)cc1F. The minimum absolute atomic E-state index is 0.0661.